The standard InChI is InChI=1S/C26H25O4P/c1-3-30-26(29)25(20(2)27)24(28)19-31(21-13-7-4-8-14-21,22-15-9-5-10-16-22)23-17-11-6-12-18-23/h4-19H,3H2,1-2H3,(H-,27,28,29)/p+1/b24-19-. The van der Waals surface area contributed by atoms with Crippen molar-refractivity contribution in [3.63, 3.8) is 0 Å². The molecule has 0 aromatic heterocycles. The van der Waals surface area contributed by atoms with Crippen LogP contribution in [0.5, 0.6) is 0 Å². The third-order valence-corrected chi connectivity index (χ3v) is 8.87. The van der Waals surface area contributed by atoms with Crippen molar-refractivity contribution in [1.29, 1.82) is 0 Å². The predicted molar refractivity (Wildman–Crippen MR) is 128 cm³/mol. The minimum Gasteiger partial charge on any atom is -0.512 e. The van der Waals surface area contributed by atoms with Gasteiger partial charge in [-0.2, -0.15) is 0 Å². The summed E-state index contributed by atoms with van der Waals surface area (Å²) in [6.07, 6.45) is 0. The first-order chi connectivity index (χ1) is 15.0. The number of carbonyl (C=O) groups excluding carboxylic acids is 1. The number of benzene rings is 3. The third-order valence-electron chi connectivity index (χ3n) is 4.90. The molecule has 0 radical (unpaired) electrons. The minimum atomic E-state index is -2.53. The molecule has 0 saturated heterocycles. The molecule has 0 saturated carbocycles. The smallest absolute Gasteiger partial charge is 0.345 e. The van der Waals surface area contributed by atoms with Gasteiger partial charge in [-0.25, -0.2) is 4.79 Å². The fraction of sp³-hybridized carbons (Fsp3) is 0.115. The van der Waals surface area contributed by atoms with Gasteiger partial charge in [0.25, 0.3) is 0 Å². The maximum Gasteiger partial charge on any atom is 0.345 e. The molecule has 3 rings (SSSR count). The summed E-state index contributed by atoms with van der Waals surface area (Å²) >= 11 is 0. The van der Waals surface area contributed by atoms with Gasteiger partial charge in [-0.1, -0.05) is 54.6 Å². The average molecular weight is 433 g/mol. The molecule has 0 bridgehead atoms. The fourth-order valence-corrected chi connectivity index (χ4v) is 7.31. The highest BCUT2D eigenvalue weighted by Crippen LogP contribution is 2.57. The number of hydrogen-bond donors (Lipinski definition) is 2. The molecule has 5 heteroatoms. The number of aliphatic hydroxyl groups is 2. The second-order valence-electron chi connectivity index (χ2n) is 6.92. The second kappa shape index (κ2) is 10.1. The van der Waals surface area contributed by atoms with Crippen molar-refractivity contribution in [1.82, 2.24) is 0 Å². The van der Waals surface area contributed by atoms with Crippen molar-refractivity contribution in [3.8, 4) is 0 Å². The molecule has 4 nitrogen and oxygen atoms in total. The molecule has 3 aromatic rings. The van der Waals surface area contributed by atoms with E-state index in [2.05, 4.69) is 0 Å². The normalized spacial score (nSPS) is 12.8. The SMILES string of the molecule is CCOC(=O)C(/C(O)=C/[P+](c1ccccc1)(c1ccccc1)c1ccccc1)=C(\C)O. The first-order valence-electron chi connectivity index (χ1n) is 10.1. The summed E-state index contributed by atoms with van der Waals surface area (Å²) in [7, 11) is -2.53. The van der Waals surface area contributed by atoms with Crippen LogP contribution in [0.3, 0.4) is 0 Å². The lowest BCUT2D eigenvalue weighted by atomic mass is 10.2. The van der Waals surface area contributed by atoms with Crippen molar-refractivity contribution in [2.75, 3.05) is 6.61 Å². The number of carbonyl (C=O) groups is 1. The van der Waals surface area contributed by atoms with Crippen LogP contribution in [0.25, 0.3) is 0 Å². The maximum atomic E-state index is 12.5. The van der Waals surface area contributed by atoms with Gasteiger partial charge in [-0.3, -0.25) is 0 Å². The van der Waals surface area contributed by atoms with Gasteiger partial charge in [-0.05, 0) is 50.2 Å². The molecular weight excluding hydrogens is 407 g/mol. The Kier molecular flexibility index (Phi) is 7.28. The van der Waals surface area contributed by atoms with Gasteiger partial charge in [-0.15, -0.1) is 0 Å². The number of allylic oxidation sites excluding steroid dienone is 1. The van der Waals surface area contributed by atoms with E-state index in [1.165, 1.54) is 6.92 Å². The molecule has 0 aliphatic carbocycles. The Hall–Kier alpha value is -3.36. The number of rotatable bonds is 7. The van der Waals surface area contributed by atoms with Crippen LogP contribution in [-0.4, -0.2) is 22.8 Å². The molecule has 3 aromatic carbocycles. The van der Waals surface area contributed by atoms with E-state index in [0.29, 0.717) is 0 Å². The molecule has 0 amide bonds. The van der Waals surface area contributed by atoms with E-state index in [4.69, 9.17) is 4.74 Å². The van der Waals surface area contributed by atoms with Gasteiger partial charge in [0.2, 0.25) is 0 Å². The van der Waals surface area contributed by atoms with Crippen LogP contribution in [-0.2, 0) is 9.53 Å². The monoisotopic (exact) mass is 433 g/mol. The molecule has 31 heavy (non-hydrogen) atoms. The summed E-state index contributed by atoms with van der Waals surface area (Å²) in [4.78, 5) is 12.5. The van der Waals surface area contributed by atoms with Crippen molar-refractivity contribution >= 4 is 29.1 Å². The van der Waals surface area contributed by atoms with Gasteiger partial charge >= 0.3 is 5.97 Å². The Bertz CT molecular complexity index is 974. The van der Waals surface area contributed by atoms with Crippen LogP contribution in [0, 0.1) is 0 Å². The Labute approximate surface area is 183 Å². The topological polar surface area (TPSA) is 66.8 Å². The van der Waals surface area contributed by atoms with Crippen molar-refractivity contribution in [3.05, 3.63) is 114 Å². The molecule has 0 aliphatic rings. The summed E-state index contributed by atoms with van der Waals surface area (Å²) in [5.74, 6) is 0.366. The van der Waals surface area contributed by atoms with Crippen LogP contribution in [0.2, 0.25) is 0 Å². The van der Waals surface area contributed by atoms with E-state index in [1.807, 2.05) is 91.0 Å². The molecule has 0 unspecified atom stereocenters. The van der Waals surface area contributed by atoms with Crippen LogP contribution in [0.15, 0.2) is 114 Å². The zero-order chi connectivity index (χ0) is 22.3. The molecule has 0 heterocycles. The molecule has 0 aliphatic heterocycles. The largest absolute Gasteiger partial charge is 0.512 e. The van der Waals surface area contributed by atoms with Gasteiger partial charge in [0.15, 0.2) is 5.76 Å². The molecule has 158 valence electrons. The first-order valence-corrected chi connectivity index (χ1v) is 11.9. The second-order valence-corrected chi connectivity index (χ2v) is 10.2. The average Bonchev–Trinajstić information content (AvgIpc) is 2.79. The lowest BCUT2D eigenvalue weighted by Gasteiger charge is -2.24. The highest BCUT2D eigenvalue weighted by Gasteiger charge is 2.45. The van der Waals surface area contributed by atoms with Crippen LogP contribution >= 0.6 is 7.26 Å². The molecular formula is C26H26O4P+. The summed E-state index contributed by atoms with van der Waals surface area (Å²) in [5, 5.41) is 24.4. The van der Waals surface area contributed by atoms with Gasteiger partial charge in [0.05, 0.1) is 6.61 Å². The highest BCUT2D eigenvalue weighted by atomic mass is 31.2. The molecule has 0 atom stereocenters. The zero-order valence-corrected chi connectivity index (χ0v) is 18.5. The molecule has 0 fully saturated rings. The Morgan fingerprint density at radius 3 is 1.52 bits per heavy atom. The van der Waals surface area contributed by atoms with E-state index in [0.717, 1.165) is 15.9 Å². The number of aliphatic hydroxyl groups excluding tert-OH is 2. The lowest BCUT2D eigenvalue weighted by Crippen LogP contribution is -2.30. The van der Waals surface area contributed by atoms with Gasteiger partial charge in [0.1, 0.15) is 40.3 Å². The van der Waals surface area contributed by atoms with Crippen LogP contribution < -0.4 is 15.9 Å². The highest BCUT2D eigenvalue weighted by molar-refractivity contribution is 7.98. The minimum absolute atomic E-state index is 0.138. The quantitative estimate of drug-likeness (QED) is 0.185. The van der Waals surface area contributed by atoms with Crippen molar-refractivity contribution in [2.24, 2.45) is 0 Å². The number of ether oxygens (including phenoxy) is 1. The zero-order valence-electron chi connectivity index (χ0n) is 17.6. The number of hydrogen-bond acceptors (Lipinski definition) is 4. The summed E-state index contributed by atoms with van der Waals surface area (Å²) < 4.78 is 5.07. The van der Waals surface area contributed by atoms with Crippen molar-refractivity contribution in [2.45, 2.75) is 13.8 Å². The molecule has 2 N–H and O–H groups in total. The Morgan fingerprint density at radius 2 is 1.19 bits per heavy atom. The van der Waals surface area contributed by atoms with E-state index in [9.17, 15) is 15.0 Å². The summed E-state index contributed by atoms with van der Waals surface area (Å²) in [5.41, 5.74) is -0.228. The Morgan fingerprint density at radius 1 is 0.806 bits per heavy atom. The first kappa shape index (κ1) is 22.3. The van der Waals surface area contributed by atoms with E-state index < -0.39 is 13.2 Å². The van der Waals surface area contributed by atoms with E-state index in [-0.39, 0.29) is 23.7 Å². The lowest BCUT2D eigenvalue weighted by molar-refractivity contribution is -0.138. The predicted octanol–water partition coefficient (Wildman–Crippen LogP) is 4.78. The van der Waals surface area contributed by atoms with E-state index >= 15 is 0 Å². The van der Waals surface area contributed by atoms with Crippen LogP contribution in [0.1, 0.15) is 13.8 Å². The molecule has 0 spiro atoms. The fourth-order valence-electron chi connectivity index (χ4n) is 3.55. The summed E-state index contributed by atoms with van der Waals surface area (Å²) in [6, 6.07) is 29.7. The van der Waals surface area contributed by atoms with E-state index in [1.54, 1.807) is 12.7 Å². The van der Waals surface area contributed by atoms with Gasteiger partial charge < -0.3 is 14.9 Å². The number of esters is 1. The summed E-state index contributed by atoms with van der Waals surface area (Å²) in [6.45, 7) is 3.18. The Balaban J connectivity index is 2.37. The maximum absolute atomic E-state index is 12.5. The van der Waals surface area contributed by atoms with Gasteiger partial charge in [0, 0.05) is 0 Å². The van der Waals surface area contributed by atoms with Crippen molar-refractivity contribution < 1.29 is 19.7 Å². The third kappa shape index (κ3) is 4.70. The van der Waals surface area contributed by atoms with Crippen LogP contribution in [0.4, 0.5) is 0 Å².